The van der Waals surface area contributed by atoms with Crippen LogP contribution in [-0.4, -0.2) is 22.8 Å². The Labute approximate surface area is 132 Å². The Morgan fingerprint density at radius 1 is 1.00 bits per heavy atom. The smallest absolute Gasteiger partial charge is 0.257 e. The second-order valence-electron chi connectivity index (χ2n) is 5.65. The molecule has 2 aromatic carbocycles. The number of nitrogens with zero attached hydrogens (tertiary/aromatic N) is 1. The molecule has 0 radical (unpaired) electrons. The second-order valence-corrected chi connectivity index (χ2v) is 5.65. The van der Waals surface area contributed by atoms with E-state index in [1.807, 2.05) is 48.5 Å². The fourth-order valence-electron chi connectivity index (χ4n) is 3.00. The van der Waals surface area contributed by atoms with Gasteiger partial charge >= 0.3 is 0 Å². The molecule has 5 heteroatoms. The number of H-pyrrole nitrogens is 1. The summed E-state index contributed by atoms with van der Waals surface area (Å²) >= 11 is 0. The van der Waals surface area contributed by atoms with Crippen LogP contribution in [0.25, 0.3) is 10.9 Å². The molecular weight excluding hydrogens is 290 g/mol. The quantitative estimate of drug-likeness (QED) is 0.726. The molecule has 0 bridgehead atoms. The lowest BCUT2D eigenvalue weighted by Crippen LogP contribution is -2.42. The summed E-state index contributed by atoms with van der Waals surface area (Å²) in [6.07, 6.45) is -0.495. The van der Waals surface area contributed by atoms with E-state index in [9.17, 15) is 9.59 Å². The summed E-state index contributed by atoms with van der Waals surface area (Å²) in [6, 6.07) is 16.8. The number of amides is 1. The maximum absolute atomic E-state index is 12.5. The SMILES string of the molecule is CN1C(=O)c2ccccc2N[C@H]1c1cc2ccccc2[nH]c1=O. The average molecular weight is 305 g/mol. The second kappa shape index (κ2) is 4.98. The van der Waals surface area contributed by atoms with Gasteiger partial charge in [0, 0.05) is 18.3 Å². The summed E-state index contributed by atoms with van der Waals surface area (Å²) < 4.78 is 0. The van der Waals surface area contributed by atoms with Crippen LogP contribution in [0, 0.1) is 0 Å². The number of nitrogens with one attached hydrogen (secondary N) is 2. The van der Waals surface area contributed by atoms with Crippen LogP contribution < -0.4 is 10.9 Å². The topological polar surface area (TPSA) is 65.2 Å². The monoisotopic (exact) mass is 305 g/mol. The van der Waals surface area contributed by atoms with Gasteiger partial charge in [-0.3, -0.25) is 9.59 Å². The third-order valence-corrected chi connectivity index (χ3v) is 4.23. The van der Waals surface area contributed by atoms with Gasteiger partial charge in [-0.05, 0) is 29.7 Å². The fourth-order valence-corrected chi connectivity index (χ4v) is 3.00. The van der Waals surface area contributed by atoms with Crippen molar-refractivity contribution in [1.82, 2.24) is 9.88 Å². The minimum absolute atomic E-state index is 0.100. The van der Waals surface area contributed by atoms with Gasteiger partial charge in [0.25, 0.3) is 11.5 Å². The molecule has 0 saturated carbocycles. The Kier molecular flexibility index (Phi) is 2.94. The summed E-state index contributed by atoms with van der Waals surface area (Å²) in [4.78, 5) is 29.5. The van der Waals surface area contributed by atoms with Crippen LogP contribution in [0.5, 0.6) is 0 Å². The van der Waals surface area contributed by atoms with Gasteiger partial charge in [0.1, 0.15) is 6.17 Å². The van der Waals surface area contributed by atoms with E-state index < -0.39 is 6.17 Å². The van der Waals surface area contributed by atoms with E-state index in [1.165, 1.54) is 0 Å². The highest BCUT2D eigenvalue weighted by Gasteiger charge is 2.31. The van der Waals surface area contributed by atoms with Gasteiger partial charge in [0.05, 0.1) is 11.1 Å². The zero-order chi connectivity index (χ0) is 16.0. The van der Waals surface area contributed by atoms with E-state index in [0.29, 0.717) is 11.1 Å². The molecule has 0 aliphatic carbocycles. The highest BCUT2D eigenvalue weighted by atomic mass is 16.2. The van der Waals surface area contributed by atoms with Crippen molar-refractivity contribution in [3.8, 4) is 0 Å². The Morgan fingerprint density at radius 2 is 1.74 bits per heavy atom. The van der Waals surface area contributed by atoms with Gasteiger partial charge in [0.2, 0.25) is 0 Å². The van der Waals surface area contributed by atoms with E-state index in [4.69, 9.17) is 0 Å². The van der Waals surface area contributed by atoms with Crippen LogP contribution in [-0.2, 0) is 0 Å². The molecule has 4 rings (SSSR count). The average Bonchev–Trinajstić information content (AvgIpc) is 2.58. The molecule has 2 heterocycles. The number of hydrogen-bond acceptors (Lipinski definition) is 3. The summed E-state index contributed by atoms with van der Waals surface area (Å²) in [5, 5.41) is 4.22. The van der Waals surface area contributed by atoms with E-state index in [0.717, 1.165) is 16.6 Å². The van der Waals surface area contributed by atoms with Crippen LogP contribution in [0.2, 0.25) is 0 Å². The van der Waals surface area contributed by atoms with Crippen LogP contribution >= 0.6 is 0 Å². The van der Waals surface area contributed by atoms with Crippen molar-refractivity contribution in [1.29, 1.82) is 0 Å². The molecule has 0 saturated heterocycles. The molecule has 1 amide bonds. The van der Waals surface area contributed by atoms with Crippen molar-refractivity contribution in [2.45, 2.75) is 6.17 Å². The summed E-state index contributed by atoms with van der Waals surface area (Å²) in [6.45, 7) is 0. The van der Waals surface area contributed by atoms with Gasteiger partial charge in [0.15, 0.2) is 0 Å². The number of rotatable bonds is 1. The largest absolute Gasteiger partial charge is 0.361 e. The number of fused-ring (bicyclic) bond motifs is 2. The molecule has 5 nitrogen and oxygen atoms in total. The highest BCUT2D eigenvalue weighted by Crippen LogP contribution is 2.31. The Balaban J connectivity index is 1.87. The molecule has 0 unspecified atom stereocenters. The van der Waals surface area contributed by atoms with Crippen LogP contribution in [0.15, 0.2) is 59.4 Å². The zero-order valence-corrected chi connectivity index (χ0v) is 12.5. The standard InChI is InChI=1S/C18H15N3O2/c1-21-16(19-15-9-5-3-7-12(15)18(21)23)13-10-11-6-2-4-8-14(11)20-17(13)22/h2-10,16,19H,1H3,(H,20,22)/t16-/m1/s1. The van der Waals surface area contributed by atoms with E-state index in [2.05, 4.69) is 10.3 Å². The Bertz CT molecular complexity index is 977. The van der Waals surface area contributed by atoms with Crippen molar-refractivity contribution >= 4 is 22.5 Å². The first-order valence-electron chi connectivity index (χ1n) is 7.40. The molecule has 23 heavy (non-hydrogen) atoms. The Morgan fingerprint density at radius 3 is 2.61 bits per heavy atom. The number of benzene rings is 2. The molecule has 0 spiro atoms. The Hall–Kier alpha value is -3.08. The summed E-state index contributed by atoms with van der Waals surface area (Å²) in [7, 11) is 1.70. The van der Waals surface area contributed by atoms with Crippen LogP contribution in [0.1, 0.15) is 22.1 Å². The number of anilines is 1. The first-order valence-corrected chi connectivity index (χ1v) is 7.40. The molecule has 1 atom stereocenters. The number of aromatic nitrogens is 1. The molecule has 1 aliphatic rings. The predicted octanol–water partition coefficient (Wildman–Crippen LogP) is 2.72. The van der Waals surface area contributed by atoms with Gasteiger partial charge < -0.3 is 15.2 Å². The predicted molar refractivity (Wildman–Crippen MR) is 89.5 cm³/mol. The molecule has 114 valence electrons. The van der Waals surface area contributed by atoms with Crippen molar-refractivity contribution in [2.24, 2.45) is 0 Å². The van der Waals surface area contributed by atoms with E-state index in [1.54, 1.807) is 18.0 Å². The third-order valence-electron chi connectivity index (χ3n) is 4.23. The normalized spacial score (nSPS) is 17.0. The summed E-state index contributed by atoms with van der Waals surface area (Å²) in [5.74, 6) is -0.100. The highest BCUT2D eigenvalue weighted by molar-refractivity contribution is 6.01. The molecule has 2 N–H and O–H groups in total. The number of carbonyl (C=O) groups excluding carboxylic acids is 1. The molecule has 1 aliphatic heterocycles. The number of para-hydroxylation sites is 2. The molecular formula is C18H15N3O2. The lowest BCUT2D eigenvalue weighted by molar-refractivity contribution is 0.0735. The maximum Gasteiger partial charge on any atom is 0.257 e. The lowest BCUT2D eigenvalue weighted by atomic mass is 10.0. The fraction of sp³-hybridized carbons (Fsp3) is 0.111. The van der Waals surface area contributed by atoms with Gasteiger partial charge in [-0.15, -0.1) is 0 Å². The van der Waals surface area contributed by atoms with E-state index in [-0.39, 0.29) is 11.5 Å². The maximum atomic E-state index is 12.5. The molecule has 3 aromatic rings. The number of aromatic amines is 1. The van der Waals surface area contributed by atoms with Gasteiger partial charge in [-0.2, -0.15) is 0 Å². The van der Waals surface area contributed by atoms with Crippen molar-refractivity contribution in [3.63, 3.8) is 0 Å². The lowest BCUT2D eigenvalue weighted by Gasteiger charge is -2.35. The van der Waals surface area contributed by atoms with Gasteiger partial charge in [-0.1, -0.05) is 30.3 Å². The van der Waals surface area contributed by atoms with E-state index >= 15 is 0 Å². The minimum atomic E-state index is -0.495. The number of pyridine rings is 1. The van der Waals surface area contributed by atoms with Gasteiger partial charge in [-0.25, -0.2) is 0 Å². The number of carbonyl (C=O) groups is 1. The van der Waals surface area contributed by atoms with Crippen LogP contribution in [0.4, 0.5) is 5.69 Å². The first kappa shape index (κ1) is 13.6. The zero-order valence-electron chi connectivity index (χ0n) is 12.5. The molecule has 1 aromatic heterocycles. The first-order chi connectivity index (χ1) is 11.1. The number of hydrogen-bond donors (Lipinski definition) is 2. The van der Waals surface area contributed by atoms with Crippen molar-refractivity contribution in [2.75, 3.05) is 12.4 Å². The summed E-state index contributed by atoms with van der Waals surface area (Å²) in [5.41, 5.74) is 2.47. The third kappa shape index (κ3) is 2.09. The van der Waals surface area contributed by atoms with Crippen LogP contribution in [0.3, 0.4) is 0 Å². The molecule has 0 fully saturated rings. The minimum Gasteiger partial charge on any atom is -0.361 e. The van der Waals surface area contributed by atoms with Crippen molar-refractivity contribution in [3.05, 3.63) is 76.1 Å². The van der Waals surface area contributed by atoms with Crippen molar-refractivity contribution < 1.29 is 4.79 Å².